The van der Waals surface area contributed by atoms with Crippen LogP contribution in [0.3, 0.4) is 0 Å². The SMILES string of the molecule is CCNC(Cc1cc(Br)cs1)c1cnc(C)cn1. The number of aryl methyl sites for hydroxylation is 1. The predicted octanol–water partition coefficient (Wildman–Crippen LogP) is 3.50. The average molecular weight is 326 g/mol. The number of aromatic nitrogens is 2. The van der Waals surface area contributed by atoms with E-state index >= 15 is 0 Å². The molecule has 0 fully saturated rings. The number of halogens is 1. The van der Waals surface area contributed by atoms with E-state index in [1.807, 2.05) is 19.3 Å². The molecule has 1 atom stereocenters. The van der Waals surface area contributed by atoms with Gasteiger partial charge in [0.1, 0.15) is 0 Å². The van der Waals surface area contributed by atoms with Crippen LogP contribution < -0.4 is 5.32 Å². The van der Waals surface area contributed by atoms with E-state index in [9.17, 15) is 0 Å². The van der Waals surface area contributed by atoms with Crippen LogP contribution in [0.1, 0.15) is 29.2 Å². The van der Waals surface area contributed by atoms with Gasteiger partial charge in [0.15, 0.2) is 0 Å². The molecule has 0 aromatic carbocycles. The van der Waals surface area contributed by atoms with Gasteiger partial charge in [0, 0.05) is 27.3 Å². The molecular formula is C13H16BrN3S. The topological polar surface area (TPSA) is 37.8 Å². The first-order valence-electron chi connectivity index (χ1n) is 5.94. The first-order chi connectivity index (χ1) is 8.69. The summed E-state index contributed by atoms with van der Waals surface area (Å²) in [5, 5.41) is 5.58. The minimum Gasteiger partial charge on any atom is -0.309 e. The third-order valence-corrected chi connectivity index (χ3v) is 4.36. The maximum absolute atomic E-state index is 4.47. The molecule has 0 bridgehead atoms. The summed E-state index contributed by atoms with van der Waals surface area (Å²) in [4.78, 5) is 10.1. The standard InChI is InChI=1S/C13H16BrN3S/c1-3-15-12(5-11-4-10(14)8-18-11)13-7-16-9(2)6-17-13/h4,6-8,12,15H,3,5H2,1-2H3. The number of rotatable bonds is 5. The highest BCUT2D eigenvalue weighted by Gasteiger charge is 2.14. The summed E-state index contributed by atoms with van der Waals surface area (Å²) < 4.78 is 1.15. The summed E-state index contributed by atoms with van der Waals surface area (Å²) in [6, 6.07) is 2.39. The summed E-state index contributed by atoms with van der Waals surface area (Å²) in [6.45, 7) is 4.99. The molecule has 2 aromatic rings. The number of nitrogens with one attached hydrogen (secondary N) is 1. The number of hydrogen-bond donors (Lipinski definition) is 1. The van der Waals surface area contributed by atoms with Crippen molar-refractivity contribution in [1.82, 2.24) is 15.3 Å². The molecule has 96 valence electrons. The summed E-state index contributed by atoms with van der Waals surface area (Å²) >= 11 is 5.26. The van der Waals surface area contributed by atoms with E-state index < -0.39 is 0 Å². The van der Waals surface area contributed by atoms with Gasteiger partial charge < -0.3 is 5.32 Å². The minimum atomic E-state index is 0.230. The van der Waals surface area contributed by atoms with Crippen molar-refractivity contribution in [2.24, 2.45) is 0 Å². The molecule has 3 nitrogen and oxygen atoms in total. The molecule has 0 spiro atoms. The van der Waals surface area contributed by atoms with Crippen LogP contribution in [0, 0.1) is 6.92 Å². The summed E-state index contributed by atoms with van der Waals surface area (Å²) in [7, 11) is 0. The van der Waals surface area contributed by atoms with E-state index in [-0.39, 0.29) is 6.04 Å². The number of hydrogen-bond acceptors (Lipinski definition) is 4. The molecule has 0 aliphatic heterocycles. The zero-order valence-electron chi connectivity index (χ0n) is 10.5. The minimum absolute atomic E-state index is 0.230. The van der Waals surface area contributed by atoms with Gasteiger partial charge in [-0.15, -0.1) is 11.3 Å². The van der Waals surface area contributed by atoms with E-state index in [0.29, 0.717) is 0 Å². The molecule has 18 heavy (non-hydrogen) atoms. The number of thiophene rings is 1. The van der Waals surface area contributed by atoms with Crippen molar-refractivity contribution in [1.29, 1.82) is 0 Å². The second kappa shape index (κ2) is 6.41. The Morgan fingerprint density at radius 2 is 2.22 bits per heavy atom. The molecule has 1 unspecified atom stereocenters. The predicted molar refractivity (Wildman–Crippen MR) is 78.9 cm³/mol. The van der Waals surface area contributed by atoms with Crippen LogP contribution in [0.15, 0.2) is 28.3 Å². The Bertz CT molecular complexity index is 495. The van der Waals surface area contributed by atoms with Gasteiger partial charge in [-0.1, -0.05) is 6.92 Å². The van der Waals surface area contributed by atoms with Crippen molar-refractivity contribution in [2.75, 3.05) is 6.54 Å². The maximum atomic E-state index is 4.47. The molecule has 1 N–H and O–H groups in total. The lowest BCUT2D eigenvalue weighted by Gasteiger charge is -2.16. The van der Waals surface area contributed by atoms with Gasteiger partial charge in [-0.2, -0.15) is 0 Å². The molecule has 2 heterocycles. The Morgan fingerprint density at radius 3 is 2.78 bits per heavy atom. The molecule has 5 heteroatoms. The van der Waals surface area contributed by atoms with Crippen molar-refractivity contribution in [3.63, 3.8) is 0 Å². The highest BCUT2D eigenvalue weighted by Crippen LogP contribution is 2.24. The van der Waals surface area contributed by atoms with Crippen molar-refractivity contribution in [2.45, 2.75) is 26.3 Å². The molecule has 2 rings (SSSR count). The summed E-state index contributed by atoms with van der Waals surface area (Å²) in [5.74, 6) is 0. The zero-order chi connectivity index (χ0) is 13.0. The molecule has 0 radical (unpaired) electrons. The van der Waals surface area contributed by atoms with Gasteiger partial charge in [-0.05, 0) is 35.5 Å². The van der Waals surface area contributed by atoms with E-state index in [4.69, 9.17) is 0 Å². The van der Waals surface area contributed by atoms with Crippen LogP contribution in [0.4, 0.5) is 0 Å². The molecule has 0 aliphatic rings. The highest BCUT2D eigenvalue weighted by molar-refractivity contribution is 9.10. The molecule has 0 amide bonds. The average Bonchev–Trinajstić information content (AvgIpc) is 2.75. The lowest BCUT2D eigenvalue weighted by molar-refractivity contribution is 0.537. The summed E-state index contributed by atoms with van der Waals surface area (Å²) in [5.41, 5.74) is 1.96. The van der Waals surface area contributed by atoms with E-state index in [1.54, 1.807) is 11.3 Å². The van der Waals surface area contributed by atoms with Crippen molar-refractivity contribution in [3.8, 4) is 0 Å². The second-order valence-corrected chi connectivity index (χ2v) is 6.04. The fraction of sp³-hybridized carbons (Fsp3) is 0.385. The first-order valence-corrected chi connectivity index (χ1v) is 7.61. The van der Waals surface area contributed by atoms with Crippen LogP contribution in [-0.4, -0.2) is 16.5 Å². The molecule has 0 saturated carbocycles. The van der Waals surface area contributed by atoms with Gasteiger partial charge in [0.25, 0.3) is 0 Å². The number of likely N-dealkylation sites (N-methyl/N-ethyl adjacent to an activating group) is 1. The second-order valence-electron chi connectivity index (χ2n) is 4.13. The molecular weight excluding hydrogens is 310 g/mol. The Morgan fingerprint density at radius 1 is 1.39 bits per heavy atom. The van der Waals surface area contributed by atoms with E-state index in [2.05, 4.69) is 49.6 Å². The van der Waals surface area contributed by atoms with Crippen LogP contribution in [0.5, 0.6) is 0 Å². The van der Waals surface area contributed by atoms with Crippen molar-refractivity contribution in [3.05, 3.63) is 44.6 Å². The lowest BCUT2D eigenvalue weighted by atomic mass is 10.1. The Hall–Kier alpha value is -0.780. The van der Waals surface area contributed by atoms with Crippen molar-refractivity contribution < 1.29 is 0 Å². The van der Waals surface area contributed by atoms with Crippen LogP contribution in [0.25, 0.3) is 0 Å². The zero-order valence-corrected chi connectivity index (χ0v) is 12.9. The Balaban J connectivity index is 2.14. The Labute approximate surface area is 120 Å². The molecule has 0 saturated heterocycles. The molecule has 0 aliphatic carbocycles. The molecule has 2 aromatic heterocycles. The number of nitrogens with zero attached hydrogens (tertiary/aromatic N) is 2. The van der Waals surface area contributed by atoms with E-state index in [1.165, 1.54) is 4.88 Å². The fourth-order valence-electron chi connectivity index (χ4n) is 1.77. The quantitative estimate of drug-likeness (QED) is 0.914. The largest absolute Gasteiger partial charge is 0.309 e. The monoisotopic (exact) mass is 325 g/mol. The normalized spacial score (nSPS) is 12.6. The third-order valence-electron chi connectivity index (χ3n) is 2.64. The summed E-state index contributed by atoms with van der Waals surface area (Å²) in [6.07, 6.45) is 4.64. The van der Waals surface area contributed by atoms with Crippen molar-refractivity contribution >= 4 is 27.3 Å². The van der Waals surface area contributed by atoms with E-state index in [0.717, 1.165) is 28.8 Å². The maximum Gasteiger partial charge on any atom is 0.0759 e. The lowest BCUT2D eigenvalue weighted by Crippen LogP contribution is -2.23. The van der Waals surface area contributed by atoms with Gasteiger partial charge >= 0.3 is 0 Å². The highest BCUT2D eigenvalue weighted by atomic mass is 79.9. The van der Waals surface area contributed by atoms with Gasteiger partial charge in [0.2, 0.25) is 0 Å². The Kier molecular flexibility index (Phi) is 4.86. The van der Waals surface area contributed by atoms with Gasteiger partial charge in [-0.25, -0.2) is 0 Å². The first kappa shape index (κ1) is 13.6. The van der Waals surface area contributed by atoms with Crippen LogP contribution >= 0.6 is 27.3 Å². The smallest absolute Gasteiger partial charge is 0.0759 e. The van der Waals surface area contributed by atoms with Crippen LogP contribution in [-0.2, 0) is 6.42 Å². The van der Waals surface area contributed by atoms with Gasteiger partial charge in [-0.3, -0.25) is 9.97 Å². The van der Waals surface area contributed by atoms with Crippen LogP contribution in [0.2, 0.25) is 0 Å². The van der Waals surface area contributed by atoms with Gasteiger partial charge in [0.05, 0.1) is 23.6 Å². The fourth-order valence-corrected chi connectivity index (χ4v) is 3.27. The third kappa shape index (κ3) is 3.60.